The van der Waals surface area contributed by atoms with Crippen LogP contribution in [0.25, 0.3) is 0 Å². The van der Waals surface area contributed by atoms with E-state index in [0.717, 1.165) is 11.4 Å². The van der Waals surface area contributed by atoms with Gasteiger partial charge in [0.2, 0.25) is 5.91 Å². The first kappa shape index (κ1) is 16.4. The first-order valence-corrected chi connectivity index (χ1v) is 7.44. The third-order valence-corrected chi connectivity index (χ3v) is 3.67. The molecule has 1 aromatic carbocycles. The second-order valence-electron chi connectivity index (χ2n) is 5.32. The summed E-state index contributed by atoms with van der Waals surface area (Å²) < 4.78 is 6.96. The third-order valence-electron chi connectivity index (χ3n) is 3.38. The molecule has 1 N–H and O–H groups in total. The maximum absolute atomic E-state index is 12.2. The molecule has 6 heteroatoms. The van der Waals surface area contributed by atoms with E-state index in [1.807, 2.05) is 31.5 Å². The lowest BCUT2D eigenvalue weighted by molar-refractivity contribution is -0.116. The van der Waals surface area contributed by atoms with Gasteiger partial charge in [0.05, 0.1) is 23.9 Å². The first-order chi connectivity index (χ1) is 10.4. The predicted octanol–water partition coefficient (Wildman–Crippen LogP) is 3.75. The number of benzene rings is 1. The van der Waals surface area contributed by atoms with Gasteiger partial charge in [-0.2, -0.15) is 5.10 Å². The minimum atomic E-state index is -0.0821. The van der Waals surface area contributed by atoms with Gasteiger partial charge in [0.1, 0.15) is 5.75 Å². The number of amides is 1. The van der Waals surface area contributed by atoms with Crippen LogP contribution in [0.2, 0.25) is 5.02 Å². The molecule has 1 unspecified atom stereocenters. The van der Waals surface area contributed by atoms with Crippen LogP contribution in [-0.2, 0) is 4.79 Å². The van der Waals surface area contributed by atoms with Crippen molar-refractivity contribution in [2.45, 2.75) is 33.2 Å². The molecule has 1 atom stereocenters. The average molecular weight is 322 g/mol. The standard InChI is InChI=1S/C16H20ClN3O2/c1-10-7-11(2)20(19-10)12(3)8-16(21)18-13-5-6-15(22-4)14(17)9-13/h5-7,9,12H,8H2,1-4H3,(H,18,21). The lowest BCUT2D eigenvalue weighted by atomic mass is 10.2. The number of ether oxygens (including phenoxy) is 1. The van der Waals surface area contributed by atoms with Gasteiger partial charge in [-0.1, -0.05) is 11.6 Å². The normalized spacial score (nSPS) is 12.0. The molecule has 118 valence electrons. The van der Waals surface area contributed by atoms with Gasteiger partial charge in [0.25, 0.3) is 0 Å². The van der Waals surface area contributed by atoms with E-state index < -0.39 is 0 Å². The summed E-state index contributed by atoms with van der Waals surface area (Å²) in [5.41, 5.74) is 2.65. The molecule has 2 rings (SSSR count). The number of methoxy groups -OCH3 is 1. The van der Waals surface area contributed by atoms with Crippen LogP contribution in [0.3, 0.4) is 0 Å². The number of aromatic nitrogens is 2. The highest BCUT2D eigenvalue weighted by atomic mass is 35.5. The smallest absolute Gasteiger partial charge is 0.226 e. The summed E-state index contributed by atoms with van der Waals surface area (Å²) in [5, 5.41) is 7.71. The van der Waals surface area contributed by atoms with Crippen LogP contribution in [0.4, 0.5) is 5.69 Å². The molecule has 1 aromatic heterocycles. The lowest BCUT2D eigenvalue weighted by Gasteiger charge is -2.14. The van der Waals surface area contributed by atoms with Crippen molar-refractivity contribution in [2.75, 3.05) is 12.4 Å². The predicted molar refractivity (Wildman–Crippen MR) is 87.7 cm³/mol. The summed E-state index contributed by atoms with van der Waals surface area (Å²) in [7, 11) is 1.55. The highest BCUT2D eigenvalue weighted by Gasteiger charge is 2.14. The van der Waals surface area contributed by atoms with Crippen LogP contribution >= 0.6 is 11.6 Å². The van der Waals surface area contributed by atoms with Gasteiger partial charge in [-0.25, -0.2) is 0 Å². The molecule has 0 saturated carbocycles. The Morgan fingerprint density at radius 3 is 2.68 bits per heavy atom. The first-order valence-electron chi connectivity index (χ1n) is 7.07. The Morgan fingerprint density at radius 1 is 1.41 bits per heavy atom. The Kier molecular flexibility index (Phi) is 5.08. The summed E-state index contributed by atoms with van der Waals surface area (Å²) in [5.74, 6) is 0.497. The number of nitrogens with zero attached hydrogens (tertiary/aromatic N) is 2. The molecule has 0 radical (unpaired) electrons. The highest BCUT2D eigenvalue weighted by Crippen LogP contribution is 2.27. The maximum atomic E-state index is 12.2. The Morgan fingerprint density at radius 2 is 2.14 bits per heavy atom. The van der Waals surface area contributed by atoms with E-state index in [1.54, 1.807) is 25.3 Å². The quantitative estimate of drug-likeness (QED) is 0.912. The van der Waals surface area contributed by atoms with Crippen LogP contribution in [0.15, 0.2) is 24.3 Å². The van der Waals surface area contributed by atoms with E-state index in [2.05, 4.69) is 10.4 Å². The summed E-state index contributed by atoms with van der Waals surface area (Å²) in [6.45, 7) is 5.90. The maximum Gasteiger partial charge on any atom is 0.226 e. The molecule has 22 heavy (non-hydrogen) atoms. The minimum absolute atomic E-state index is 0.0116. The molecule has 0 spiro atoms. The van der Waals surface area contributed by atoms with Gasteiger partial charge in [-0.15, -0.1) is 0 Å². The van der Waals surface area contributed by atoms with Gasteiger partial charge in [-0.3, -0.25) is 9.48 Å². The van der Waals surface area contributed by atoms with Crippen LogP contribution in [0.5, 0.6) is 5.75 Å². The van der Waals surface area contributed by atoms with Gasteiger partial charge in [0.15, 0.2) is 0 Å². The fourth-order valence-corrected chi connectivity index (χ4v) is 2.66. The van der Waals surface area contributed by atoms with Crippen molar-refractivity contribution >= 4 is 23.2 Å². The molecule has 1 amide bonds. The summed E-state index contributed by atoms with van der Waals surface area (Å²) in [4.78, 5) is 12.2. The molecule has 0 aliphatic heterocycles. The lowest BCUT2D eigenvalue weighted by Crippen LogP contribution is -2.19. The topological polar surface area (TPSA) is 56.1 Å². The molecular formula is C16H20ClN3O2. The molecular weight excluding hydrogens is 302 g/mol. The number of carbonyl (C=O) groups excluding carboxylic acids is 1. The molecule has 0 bridgehead atoms. The SMILES string of the molecule is COc1ccc(NC(=O)CC(C)n2nc(C)cc2C)cc1Cl. The summed E-state index contributed by atoms with van der Waals surface area (Å²) in [6, 6.07) is 7.14. The van der Waals surface area contributed by atoms with E-state index >= 15 is 0 Å². The van der Waals surface area contributed by atoms with Gasteiger partial charge >= 0.3 is 0 Å². The number of rotatable bonds is 5. The van der Waals surface area contributed by atoms with E-state index in [4.69, 9.17) is 16.3 Å². The Bertz CT molecular complexity index is 682. The van der Waals surface area contributed by atoms with Crippen molar-refractivity contribution in [3.05, 3.63) is 40.7 Å². The van der Waals surface area contributed by atoms with Crippen LogP contribution < -0.4 is 10.1 Å². The number of hydrogen-bond acceptors (Lipinski definition) is 3. The van der Waals surface area contributed by atoms with E-state index in [0.29, 0.717) is 22.9 Å². The molecule has 1 heterocycles. The number of carbonyl (C=O) groups is 1. The Balaban J connectivity index is 2.01. The molecule has 0 aliphatic carbocycles. The zero-order valence-electron chi connectivity index (χ0n) is 13.2. The molecule has 5 nitrogen and oxygen atoms in total. The summed E-state index contributed by atoms with van der Waals surface area (Å²) in [6.07, 6.45) is 0.339. The molecule has 2 aromatic rings. The fraction of sp³-hybridized carbons (Fsp3) is 0.375. The molecule has 0 aliphatic rings. The Labute approximate surface area is 135 Å². The second-order valence-corrected chi connectivity index (χ2v) is 5.73. The van der Waals surface area contributed by atoms with E-state index in [1.165, 1.54) is 0 Å². The minimum Gasteiger partial charge on any atom is -0.495 e. The Hall–Kier alpha value is -2.01. The van der Waals surface area contributed by atoms with Crippen molar-refractivity contribution < 1.29 is 9.53 Å². The summed E-state index contributed by atoms with van der Waals surface area (Å²) >= 11 is 6.05. The molecule has 0 saturated heterocycles. The average Bonchev–Trinajstić information content (AvgIpc) is 2.78. The van der Waals surface area contributed by atoms with Gasteiger partial charge in [0, 0.05) is 17.8 Å². The van der Waals surface area contributed by atoms with Crippen molar-refractivity contribution in [2.24, 2.45) is 0 Å². The van der Waals surface area contributed by atoms with E-state index in [-0.39, 0.29) is 11.9 Å². The fourth-order valence-electron chi connectivity index (χ4n) is 2.40. The highest BCUT2D eigenvalue weighted by molar-refractivity contribution is 6.32. The van der Waals surface area contributed by atoms with Crippen LogP contribution in [0.1, 0.15) is 30.8 Å². The van der Waals surface area contributed by atoms with Crippen molar-refractivity contribution in [1.82, 2.24) is 9.78 Å². The second kappa shape index (κ2) is 6.83. The third kappa shape index (κ3) is 3.80. The van der Waals surface area contributed by atoms with Gasteiger partial charge < -0.3 is 10.1 Å². The zero-order chi connectivity index (χ0) is 16.3. The number of aryl methyl sites for hydroxylation is 2. The van der Waals surface area contributed by atoms with Crippen molar-refractivity contribution in [1.29, 1.82) is 0 Å². The van der Waals surface area contributed by atoms with Crippen molar-refractivity contribution in [3.63, 3.8) is 0 Å². The number of hydrogen-bond donors (Lipinski definition) is 1. The van der Waals surface area contributed by atoms with E-state index in [9.17, 15) is 4.79 Å². The monoisotopic (exact) mass is 321 g/mol. The van der Waals surface area contributed by atoms with Crippen molar-refractivity contribution in [3.8, 4) is 5.75 Å². The van der Waals surface area contributed by atoms with Crippen LogP contribution in [0, 0.1) is 13.8 Å². The largest absolute Gasteiger partial charge is 0.495 e. The molecule has 0 fully saturated rings. The number of halogens is 1. The van der Waals surface area contributed by atoms with Gasteiger partial charge in [-0.05, 0) is 45.0 Å². The zero-order valence-corrected chi connectivity index (χ0v) is 13.9. The van der Waals surface area contributed by atoms with Crippen LogP contribution in [-0.4, -0.2) is 22.8 Å². The number of nitrogens with one attached hydrogen (secondary N) is 1. The number of anilines is 1.